The number of esters is 1. The summed E-state index contributed by atoms with van der Waals surface area (Å²) in [7, 11) is 0. The summed E-state index contributed by atoms with van der Waals surface area (Å²) < 4.78 is 4.87. The van der Waals surface area contributed by atoms with Crippen LogP contribution in [-0.2, 0) is 9.53 Å². The third kappa shape index (κ3) is 4.87. The maximum atomic E-state index is 11.2. The molecule has 1 aromatic carbocycles. The molecule has 0 radical (unpaired) electrons. The monoisotopic (exact) mass is 280 g/mol. The summed E-state index contributed by atoms with van der Waals surface area (Å²) in [5.74, 6) is -0.163. The lowest BCUT2D eigenvalue weighted by molar-refractivity contribution is -0.143. The lowest BCUT2D eigenvalue weighted by Crippen LogP contribution is -2.15. The highest BCUT2D eigenvalue weighted by Gasteiger charge is 2.07. The molecule has 104 valence electrons. The molecule has 0 heterocycles. The second-order valence-corrected chi connectivity index (χ2v) is 4.64. The lowest BCUT2D eigenvalue weighted by atomic mass is 10.1. The summed E-state index contributed by atoms with van der Waals surface area (Å²) in [6.45, 7) is 4.91. The van der Waals surface area contributed by atoms with Crippen molar-refractivity contribution in [2.75, 3.05) is 18.5 Å². The summed E-state index contributed by atoms with van der Waals surface area (Å²) >= 11 is 5.03. The Hall–Kier alpha value is -1.62. The Labute approximate surface area is 119 Å². The van der Waals surface area contributed by atoms with Crippen LogP contribution in [0, 0.1) is 6.92 Å². The molecule has 5 heteroatoms. The minimum absolute atomic E-state index is 0.163. The van der Waals surface area contributed by atoms with Crippen LogP contribution in [0.2, 0.25) is 0 Å². The Morgan fingerprint density at radius 2 is 2.21 bits per heavy atom. The van der Waals surface area contributed by atoms with E-state index in [2.05, 4.69) is 5.32 Å². The topological polar surface area (TPSA) is 64.3 Å². The van der Waals surface area contributed by atoms with Crippen LogP contribution in [0.15, 0.2) is 18.2 Å². The Morgan fingerprint density at radius 1 is 1.47 bits per heavy atom. The molecule has 1 rings (SSSR count). The Balaban J connectivity index is 2.54. The summed E-state index contributed by atoms with van der Waals surface area (Å²) in [5.41, 5.74) is 8.56. The fraction of sp³-hybridized carbons (Fsp3) is 0.429. The first-order valence-corrected chi connectivity index (χ1v) is 6.76. The van der Waals surface area contributed by atoms with Crippen molar-refractivity contribution in [3.05, 3.63) is 29.3 Å². The second-order valence-electron chi connectivity index (χ2n) is 4.20. The molecular weight excluding hydrogens is 260 g/mol. The second kappa shape index (κ2) is 7.74. The molecule has 0 unspecified atom stereocenters. The number of carbonyl (C=O) groups excluding carboxylic acids is 1. The molecule has 0 fully saturated rings. The van der Waals surface area contributed by atoms with Crippen molar-refractivity contribution < 1.29 is 9.53 Å². The van der Waals surface area contributed by atoms with Crippen LogP contribution >= 0.6 is 12.2 Å². The highest BCUT2D eigenvalue weighted by molar-refractivity contribution is 7.80. The fourth-order valence-electron chi connectivity index (χ4n) is 1.79. The molecule has 0 aliphatic heterocycles. The lowest BCUT2D eigenvalue weighted by Gasteiger charge is -2.13. The van der Waals surface area contributed by atoms with Gasteiger partial charge in [0, 0.05) is 24.2 Å². The van der Waals surface area contributed by atoms with E-state index in [4.69, 9.17) is 22.7 Å². The van der Waals surface area contributed by atoms with E-state index in [9.17, 15) is 4.79 Å². The predicted molar refractivity (Wildman–Crippen MR) is 81.4 cm³/mol. The number of rotatable bonds is 7. The molecule has 0 spiro atoms. The van der Waals surface area contributed by atoms with Crippen molar-refractivity contribution in [2.45, 2.75) is 26.7 Å². The highest BCUT2D eigenvalue weighted by Crippen LogP contribution is 2.20. The molecule has 0 atom stereocenters. The van der Waals surface area contributed by atoms with Crippen molar-refractivity contribution in [1.29, 1.82) is 0 Å². The molecule has 4 nitrogen and oxygen atoms in total. The number of thiocarbonyl (C=S) groups is 1. The zero-order valence-corrected chi connectivity index (χ0v) is 12.2. The van der Waals surface area contributed by atoms with Crippen molar-refractivity contribution in [3.8, 4) is 0 Å². The average molecular weight is 280 g/mol. The fourth-order valence-corrected chi connectivity index (χ4v) is 1.96. The van der Waals surface area contributed by atoms with E-state index >= 15 is 0 Å². The van der Waals surface area contributed by atoms with Gasteiger partial charge in [0.2, 0.25) is 0 Å². The van der Waals surface area contributed by atoms with Gasteiger partial charge in [-0.25, -0.2) is 0 Å². The van der Waals surface area contributed by atoms with Crippen molar-refractivity contribution >= 4 is 28.9 Å². The average Bonchev–Trinajstić information content (AvgIpc) is 2.36. The quantitative estimate of drug-likeness (QED) is 0.456. The first kappa shape index (κ1) is 15.4. The molecular formula is C14H20N2O2S. The minimum Gasteiger partial charge on any atom is -0.466 e. The van der Waals surface area contributed by atoms with Gasteiger partial charge in [-0.2, -0.15) is 0 Å². The zero-order valence-electron chi connectivity index (χ0n) is 11.4. The van der Waals surface area contributed by atoms with Crippen LogP contribution in [0.5, 0.6) is 0 Å². The molecule has 0 aliphatic rings. The Bertz CT molecular complexity index is 461. The number of ether oxygens (including phenoxy) is 1. The van der Waals surface area contributed by atoms with E-state index in [-0.39, 0.29) is 5.97 Å². The molecule has 3 N–H and O–H groups in total. The number of hydrogen-bond donors (Lipinski definition) is 2. The van der Waals surface area contributed by atoms with Crippen molar-refractivity contribution in [2.24, 2.45) is 5.73 Å². The van der Waals surface area contributed by atoms with Crippen LogP contribution < -0.4 is 11.1 Å². The summed E-state index contributed by atoms with van der Waals surface area (Å²) in [4.78, 5) is 11.6. The molecule has 0 bridgehead atoms. The van der Waals surface area contributed by atoms with E-state index in [0.717, 1.165) is 16.8 Å². The third-order valence-corrected chi connectivity index (χ3v) is 2.92. The SMILES string of the molecule is CCOC(=O)CCCNc1c(C)cccc1C(N)=S. The molecule has 1 aromatic rings. The molecule has 0 saturated heterocycles. The third-order valence-electron chi connectivity index (χ3n) is 2.70. The van der Waals surface area contributed by atoms with Gasteiger partial charge in [0.1, 0.15) is 4.99 Å². The molecule has 0 amide bonds. The standard InChI is InChI=1S/C14H20N2O2S/c1-3-18-12(17)8-5-9-16-13-10(2)6-4-7-11(13)14(15)19/h4,6-7,16H,3,5,8-9H2,1-2H3,(H2,15,19). The Kier molecular flexibility index (Phi) is 6.29. The van der Waals surface area contributed by atoms with Gasteiger partial charge < -0.3 is 15.8 Å². The van der Waals surface area contributed by atoms with E-state index < -0.39 is 0 Å². The maximum Gasteiger partial charge on any atom is 0.305 e. The largest absolute Gasteiger partial charge is 0.466 e. The summed E-state index contributed by atoms with van der Waals surface area (Å²) in [6.07, 6.45) is 1.12. The number of carbonyl (C=O) groups is 1. The number of aryl methyl sites for hydroxylation is 1. The number of para-hydroxylation sites is 1. The predicted octanol–water partition coefficient (Wildman–Crippen LogP) is 2.38. The number of anilines is 1. The van der Waals surface area contributed by atoms with Crippen LogP contribution in [0.3, 0.4) is 0 Å². The molecule has 0 aliphatic carbocycles. The van der Waals surface area contributed by atoms with Crippen LogP contribution in [0.4, 0.5) is 5.69 Å². The number of nitrogens with two attached hydrogens (primary N) is 1. The van der Waals surface area contributed by atoms with E-state index in [1.165, 1.54) is 0 Å². The summed E-state index contributed by atoms with van der Waals surface area (Å²) in [5, 5.41) is 3.29. The number of nitrogens with one attached hydrogen (secondary N) is 1. The van der Waals surface area contributed by atoms with Gasteiger partial charge in [-0.1, -0.05) is 24.4 Å². The number of benzene rings is 1. The van der Waals surface area contributed by atoms with Gasteiger partial charge in [-0.15, -0.1) is 0 Å². The highest BCUT2D eigenvalue weighted by atomic mass is 32.1. The maximum absolute atomic E-state index is 11.2. The zero-order chi connectivity index (χ0) is 14.3. The Morgan fingerprint density at radius 3 is 2.84 bits per heavy atom. The van der Waals surface area contributed by atoms with Gasteiger partial charge in [0.15, 0.2) is 0 Å². The summed E-state index contributed by atoms with van der Waals surface area (Å²) in [6, 6.07) is 5.81. The van der Waals surface area contributed by atoms with Crippen LogP contribution in [0.25, 0.3) is 0 Å². The molecule has 0 saturated carbocycles. The molecule has 19 heavy (non-hydrogen) atoms. The molecule has 0 aromatic heterocycles. The first-order chi connectivity index (χ1) is 9.06. The minimum atomic E-state index is -0.163. The van der Waals surface area contributed by atoms with Crippen molar-refractivity contribution in [1.82, 2.24) is 0 Å². The van der Waals surface area contributed by atoms with Gasteiger partial charge >= 0.3 is 5.97 Å². The smallest absolute Gasteiger partial charge is 0.305 e. The van der Waals surface area contributed by atoms with Crippen molar-refractivity contribution in [3.63, 3.8) is 0 Å². The van der Waals surface area contributed by atoms with Crippen LogP contribution in [0.1, 0.15) is 30.9 Å². The first-order valence-electron chi connectivity index (χ1n) is 6.35. The van der Waals surface area contributed by atoms with Gasteiger partial charge in [-0.05, 0) is 31.9 Å². The van der Waals surface area contributed by atoms with E-state index in [0.29, 0.717) is 31.0 Å². The van der Waals surface area contributed by atoms with Gasteiger partial charge in [0.25, 0.3) is 0 Å². The normalized spacial score (nSPS) is 10.0. The van der Waals surface area contributed by atoms with Gasteiger partial charge in [-0.3, -0.25) is 4.79 Å². The van der Waals surface area contributed by atoms with Gasteiger partial charge in [0.05, 0.1) is 6.61 Å². The van der Waals surface area contributed by atoms with E-state index in [1.807, 2.05) is 25.1 Å². The number of hydrogen-bond acceptors (Lipinski definition) is 4. The van der Waals surface area contributed by atoms with Crippen LogP contribution in [-0.4, -0.2) is 24.1 Å². The van der Waals surface area contributed by atoms with E-state index in [1.54, 1.807) is 6.92 Å².